The van der Waals surface area contributed by atoms with Gasteiger partial charge in [-0.2, -0.15) is 0 Å². The van der Waals surface area contributed by atoms with Gasteiger partial charge in [-0.3, -0.25) is 9.59 Å². The van der Waals surface area contributed by atoms with Crippen LogP contribution in [0.5, 0.6) is 11.5 Å². The summed E-state index contributed by atoms with van der Waals surface area (Å²) in [6.45, 7) is 0.264. The third-order valence-corrected chi connectivity index (χ3v) is 5.06. The molecule has 0 aliphatic rings. The van der Waals surface area contributed by atoms with Gasteiger partial charge in [-0.25, -0.2) is 0 Å². The zero-order chi connectivity index (χ0) is 21.5. The van der Waals surface area contributed by atoms with Crippen LogP contribution < -0.4 is 14.8 Å². The minimum absolute atomic E-state index is 0.0907. The molecule has 30 heavy (non-hydrogen) atoms. The molecule has 0 spiro atoms. The first kappa shape index (κ1) is 21.6. The molecule has 6 nitrogen and oxygen atoms in total. The Morgan fingerprint density at radius 2 is 1.67 bits per heavy atom. The van der Waals surface area contributed by atoms with Crippen LogP contribution in [0, 0.1) is 0 Å². The fourth-order valence-corrected chi connectivity index (χ4v) is 3.16. The van der Waals surface area contributed by atoms with Gasteiger partial charge in [0.1, 0.15) is 11.5 Å². The highest BCUT2D eigenvalue weighted by Gasteiger charge is 2.13. The van der Waals surface area contributed by atoms with Crippen molar-refractivity contribution < 1.29 is 23.5 Å². The molecule has 156 valence electrons. The Bertz CT molecular complexity index is 1030. The number of amides is 1. The van der Waals surface area contributed by atoms with E-state index < -0.39 is 0 Å². The van der Waals surface area contributed by atoms with Crippen molar-refractivity contribution >= 4 is 27.6 Å². The number of methoxy groups -OCH3 is 2. The number of rotatable bonds is 9. The molecule has 0 aliphatic heterocycles. The fourth-order valence-electron chi connectivity index (χ4n) is 2.90. The second-order valence-electron chi connectivity index (χ2n) is 6.54. The van der Waals surface area contributed by atoms with Crippen molar-refractivity contribution in [2.24, 2.45) is 0 Å². The van der Waals surface area contributed by atoms with Gasteiger partial charge in [0.25, 0.3) is 0 Å². The van der Waals surface area contributed by atoms with Gasteiger partial charge in [-0.1, -0.05) is 28.1 Å². The number of ketones is 1. The topological polar surface area (TPSA) is 77.8 Å². The molecule has 0 saturated heterocycles. The van der Waals surface area contributed by atoms with Crippen molar-refractivity contribution in [2.75, 3.05) is 14.2 Å². The zero-order valence-electron chi connectivity index (χ0n) is 16.7. The molecule has 1 aromatic heterocycles. The number of furan rings is 1. The summed E-state index contributed by atoms with van der Waals surface area (Å²) in [6, 6.07) is 16.4. The van der Waals surface area contributed by atoms with Crippen LogP contribution in [0.1, 0.15) is 29.0 Å². The Morgan fingerprint density at radius 3 is 2.37 bits per heavy atom. The van der Waals surface area contributed by atoms with Crippen LogP contribution in [0.3, 0.4) is 0 Å². The number of carbonyl (C=O) groups is 2. The van der Waals surface area contributed by atoms with Gasteiger partial charge in [-0.05, 0) is 42.5 Å². The summed E-state index contributed by atoms with van der Waals surface area (Å²) in [4.78, 5) is 24.5. The predicted molar refractivity (Wildman–Crippen MR) is 117 cm³/mol. The molecule has 7 heteroatoms. The number of Topliss-reactive ketones (excluding diaryl/α,β-unsaturated/α-hetero) is 1. The smallest absolute Gasteiger partial charge is 0.220 e. The normalized spacial score (nSPS) is 10.5. The molecule has 3 aromatic rings. The highest BCUT2D eigenvalue weighted by molar-refractivity contribution is 9.10. The number of hydrogen-bond donors (Lipinski definition) is 1. The summed E-state index contributed by atoms with van der Waals surface area (Å²) in [6.07, 6.45) is 0.192. The molecular formula is C23H22BrNO5. The minimum atomic E-state index is -0.217. The molecule has 0 aliphatic carbocycles. The average Bonchev–Trinajstić information content (AvgIpc) is 3.25. The first-order valence-corrected chi connectivity index (χ1v) is 10.2. The van der Waals surface area contributed by atoms with Crippen LogP contribution in [-0.2, 0) is 11.3 Å². The molecule has 0 atom stereocenters. The summed E-state index contributed by atoms with van der Waals surface area (Å²) in [5.74, 6) is 2.05. The number of hydrogen-bond acceptors (Lipinski definition) is 5. The monoisotopic (exact) mass is 471 g/mol. The first-order chi connectivity index (χ1) is 14.5. The maximum Gasteiger partial charge on any atom is 0.220 e. The van der Waals surface area contributed by atoms with Crippen LogP contribution in [0.2, 0.25) is 0 Å². The van der Waals surface area contributed by atoms with Gasteiger partial charge < -0.3 is 19.2 Å². The lowest BCUT2D eigenvalue weighted by Gasteiger charge is -2.09. The largest absolute Gasteiger partial charge is 0.493 e. The van der Waals surface area contributed by atoms with Gasteiger partial charge in [-0.15, -0.1) is 0 Å². The molecule has 1 N–H and O–H groups in total. The van der Waals surface area contributed by atoms with E-state index in [1.165, 1.54) is 14.2 Å². The van der Waals surface area contributed by atoms with E-state index in [-0.39, 0.29) is 31.1 Å². The van der Waals surface area contributed by atoms with Gasteiger partial charge >= 0.3 is 0 Å². The Kier molecular flexibility index (Phi) is 7.30. The Labute approximate surface area is 183 Å². The van der Waals surface area contributed by atoms with E-state index in [0.29, 0.717) is 22.8 Å². The molecule has 0 unspecified atom stereocenters. The van der Waals surface area contributed by atoms with Gasteiger partial charge in [0, 0.05) is 28.4 Å². The van der Waals surface area contributed by atoms with Crippen molar-refractivity contribution in [1.82, 2.24) is 5.32 Å². The van der Waals surface area contributed by atoms with E-state index in [2.05, 4.69) is 21.2 Å². The second kappa shape index (κ2) is 10.1. The highest BCUT2D eigenvalue weighted by atomic mass is 79.9. The summed E-state index contributed by atoms with van der Waals surface area (Å²) >= 11 is 3.40. The van der Waals surface area contributed by atoms with Gasteiger partial charge in [0.2, 0.25) is 5.91 Å². The third-order valence-electron chi connectivity index (χ3n) is 4.53. The lowest BCUT2D eigenvalue weighted by Crippen LogP contribution is -2.23. The standard InChI is InChI=1S/C23H22BrNO5/c1-28-21-10-5-16(13-22(21)29-2)19(26)9-12-23(27)25-14-18-8-11-20(30-18)15-3-6-17(24)7-4-15/h3-8,10-11,13H,9,12,14H2,1-2H3,(H,25,27). The zero-order valence-corrected chi connectivity index (χ0v) is 18.3. The predicted octanol–water partition coefficient (Wildman–Crippen LogP) is 5.01. The summed E-state index contributed by atoms with van der Waals surface area (Å²) in [5.41, 5.74) is 1.43. The highest BCUT2D eigenvalue weighted by Crippen LogP contribution is 2.28. The molecule has 0 bridgehead atoms. The Morgan fingerprint density at radius 1 is 0.933 bits per heavy atom. The quantitative estimate of drug-likeness (QED) is 0.444. The van der Waals surface area contributed by atoms with E-state index in [9.17, 15) is 9.59 Å². The molecule has 1 heterocycles. The number of carbonyl (C=O) groups excluding carboxylic acids is 2. The number of halogens is 1. The van der Waals surface area contributed by atoms with Crippen molar-refractivity contribution in [2.45, 2.75) is 19.4 Å². The molecule has 1 amide bonds. The van der Waals surface area contributed by atoms with E-state index in [1.807, 2.05) is 36.4 Å². The van der Waals surface area contributed by atoms with Gasteiger partial charge in [0.15, 0.2) is 17.3 Å². The van der Waals surface area contributed by atoms with Crippen LogP contribution in [0.25, 0.3) is 11.3 Å². The summed E-state index contributed by atoms with van der Waals surface area (Å²) in [5, 5.41) is 2.78. The Balaban J connectivity index is 1.49. The first-order valence-electron chi connectivity index (χ1n) is 9.36. The maximum atomic E-state index is 12.4. The second-order valence-corrected chi connectivity index (χ2v) is 7.46. The van der Waals surface area contributed by atoms with E-state index in [0.717, 1.165) is 15.8 Å². The SMILES string of the molecule is COc1ccc(C(=O)CCC(=O)NCc2ccc(-c3ccc(Br)cc3)o2)cc1OC. The fraction of sp³-hybridized carbons (Fsp3) is 0.217. The van der Waals surface area contributed by atoms with E-state index in [1.54, 1.807) is 18.2 Å². The molecule has 0 radical (unpaired) electrons. The van der Waals surface area contributed by atoms with Gasteiger partial charge in [0.05, 0.1) is 20.8 Å². The Hall–Kier alpha value is -3.06. The maximum absolute atomic E-state index is 12.4. The summed E-state index contributed by atoms with van der Waals surface area (Å²) in [7, 11) is 3.04. The van der Waals surface area contributed by atoms with E-state index in [4.69, 9.17) is 13.9 Å². The van der Waals surface area contributed by atoms with Crippen molar-refractivity contribution in [3.63, 3.8) is 0 Å². The van der Waals surface area contributed by atoms with Crippen LogP contribution >= 0.6 is 15.9 Å². The molecule has 0 fully saturated rings. The van der Waals surface area contributed by atoms with E-state index >= 15 is 0 Å². The van der Waals surface area contributed by atoms with Crippen molar-refractivity contribution in [3.8, 4) is 22.8 Å². The average molecular weight is 472 g/mol. The third kappa shape index (κ3) is 5.51. The van der Waals surface area contributed by atoms with Crippen LogP contribution in [-0.4, -0.2) is 25.9 Å². The molecule has 2 aromatic carbocycles. The lowest BCUT2D eigenvalue weighted by molar-refractivity contribution is -0.121. The van der Waals surface area contributed by atoms with Crippen LogP contribution in [0.15, 0.2) is 63.5 Å². The molecule has 3 rings (SSSR count). The minimum Gasteiger partial charge on any atom is -0.493 e. The van der Waals surface area contributed by atoms with Crippen molar-refractivity contribution in [1.29, 1.82) is 0 Å². The number of benzene rings is 2. The van der Waals surface area contributed by atoms with Crippen molar-refractivity contribution in [3.05, 3.63) is 70.4 Å². The molecular weight excluding hydrogens is 450 g/mol. The van der Waals surface area contributed by atoms with Crippen LogP contribution in [0.4, 0.5) is 0 Å². The number of nitrogens with one attached hydrogen (secondary N) is 1. The summed E-state index contributed by atoms with van der Waals surface area (Å²) < 4.78 is 17.2. The number of ether oxygens (including phenoxy) is 2. The molecule has 0 saturated carbocycles. The lowest BCUT2D eigenvalue weighted by atomic mass is 10.1.